The van der Waals surface area contributed by atoms with Gasteiger partial charge in [0.05, 0.1) is 16.3 Å². The van der Waals surface area contributed by atoms with Gasteiger partial charge in [0.2, 0.25) is 0 Å². The van der Waals surface area contributed by atoms with Crippen molar-refractivity contribution in [2.75, 3.05) is 0 Å². The van der Waals surface area contributed by atoms with Crippen molar-refractivity contribution < 1.29 is 4.92 Å². The summed E-state index contributed by atoms with van der Waals surface area (Å²) in [5.74, 6) is 0.382. The third-order valence-electron chi connectivity index (χ3n) is 5.18. The Kier molecular flexibility index (Phi) is 6.64. The smallest absolute Gasteiger partial charge is 0.270 e. The minimum absolute atomic E-state index is 0.105. The normalized spacial score (nSPS) is 12.1. The molecule has 0 fully saturated rings. The minimum atomic E-state index is -0.346. The maximum absolute atomic E-state index is 11.2. The maximum Gasteiger partial charge on any atom is 0.270 e. The molecule has 0 aliphatic heterocycles. The highest BCUT2D eigenvalue weighted by Gasteiger charge is 2.17. The number of non-ortho nitro benzene ring substituents is 1. The summed E-state index contributed by atoms with van der Waals surface area (Å²) in [4.78, 5) is 16.9. The van der Waals surface area contributed by atoms with Crippen LogP contribution < -0.4 is 4.80 Å². The van der Waals surface area contributed by atoms with E-state index in [1.807, 2.05) is 18.2 Å². The number of rotatable bonds is 7. The molecule has 0 atom stereocenters. The summed E-state index contributed by atoms with van der Waals surface area (Å²) in [6.07, 6.45) is 1.93. The van der Waals surface area contributed by atoms with Gasteiger partial charge in [0.1, 0.15) is 0 Å². The van der Waals surface area contributed by atoms with Gasteiger partial charge in [-0.1, -0.05) is 58.0 Å². The lowest BCUT2D eigenvalue weighted by molar-refractivity contribution is -0.384. The van der Waals surface area contributed by atoms with Gasteiger partial charge in [0.25, 0.3) is 5.69 Å². The molecule has 0 amide bonds. The molecule has 1 heterocycles. The summed E-state index contributed by atoms with van der Waals surface area (Å²) in [5.41, 5.74) is 4.13. The van der Waals surface area contributed by atoms with Gasteiger partial charge in [-0.05, 0) is 30.4 Å². The zero-order valence-electron chi connectivity index (χ0n) is 17.3. The zero-order chi connectivity index (χ0) is 21.0. The van der Waals surface area contributed by atoms with Gasteiger partial charge in [-0.25, -0.2) is 4.99 Å². The summed E-state index contributed by atoms with van der Waals surface area (Å²) in [7, 11) is 0. The SMILES string of the molecule is CCC(CC)n1c(-c2cccc([N+](=O)[O-])c2)csc1=Nc1ccccc1C(C)C. The van der Waals surface area contributed by atoms with Crippen LogP contribution in [0.2, 0.25) is 0 Å². The average Bonchev–Trinajstić information content (AvgIpc) is 3.13. The maximum atomic E-state index is 11.2. The predicted octanol–water partition coefficient (Wildman–Crippen LogP) is 6.84. The molecule has 3 aromatic rings. The lowest BCUT2D eigenvalue weighted by Crippen LogP contribution is -2.21. The van der Waals surface area contributed by atoms with Gasteiger partial charge < -0.3 is 4.57 Å². The van der Waals surface area contributed by atoms with Crippen molar-refractivity contribution in [3.63, 3.8) is 0 Å². The Bertz CT molecular complexity index is 1060. The highest BCUT2D eigenvalue weighted by atomic mass is 32.1. The number of hydrogen-bond donors (Lipinski definition) is 0. The summed E-state index contributed by atoms with van der Waals surface area (Å²) in [6, 6.07) is 15.4. The van der Waals surface area contributed by atoms with E-state index >= 15 is 0 Å². The highest BCUT2D eigenvalue weighted by molar-refractivity contribution is 7.07. The van der Waals surface area contributed by atoms with Crippen LogP contribution >= 0.6 is 11.3 Å². The number of thiazole rings is 1. The molecular weight excluding hydrogens is 382 g/mol. The van der Waals surface area contributed by atoms with Crippen LogP contribution in [-0.2, 0) is 0 Å². The van der Waals surface area contributed by atoms with Gasteiger partial charge in [0.15, 0.2) is 4.80 Å². The van der Waals surface area contributed by atoms with E-state index in [1.54, 1.807) is 23.5 Å². The van der Waals surface area contributed by atoms with Crippen LogP contribution in [0.3, 0.4) is 0 Å². The molecule has 0 N–H and O–H groups in total. The van der Waals surface area contributed by atoms with Crippen molar-refractivity contribution in [3.05, 3.63) is 74.4 Å². The fourth-order valence-corrected chi connectivity index (χ4v) is 4.56. The monoisotopic (exact) mass is 409 g/mol. The second-order valence-electron chi connectivity index (χ2n) is 7.38. The molecule has 1 aromatic heterocycles. The molecule has 0 unspecified atom stereocenters. The first-order chi connectivity index (χ1) is 14.0. The fraction of sp³-hybridized carbons (Fsp3) is 0.348. The molecule has 3 rings (SSSR count). The van der Waals surface area contributed by atoms with E-state index in [2.05, 4.69) is 49.8 Å². The molecule has 6 heteroatoms. The predicted molar refractivity (Wildman–Crippen MR) is 120 cm³/mol. The first-order valence-electron chi connectivity index (χ1n) is 10.0. The van der Waals surface area contributed by atoms with Crippen LogP contribution in [0.15, 0.2) is 58.9 Å². The Morgan fingerprint density at radius 2 is 1.83 bits per heavy atom. The third-order valence-corrected chi connectivity index (χ3v) is 6.02. The standard InChI is InChI=1S/C23H27N3O2S/c1-5-18(6-2)25-22(17-10-9-11-19(14-17)26(27)28)15-29-23(25)24-21-13-8-7-12-20(21)16(3)4/h7-16,18H,5-6H2,1-4H3. The highest BCUT2D eigenvalue weighted by Crippen LogP contribution is 2.30. The number of aromatic nitrogens is 1. The van der Waals surface area contributed by atoms with E-state index in [-0.39, 0.29) is 16.7 Å². The summed E-state index contributed by atoms with van der Waals surface area (Å²) in [5, 5.41) is 13.3. The lowest BCUT2D eigenvalue weighted by Gasteiger charge is -2.19. The van der Waals surface area contributed by atoms with E-state index in [0.717, 1.165) is 34.6 Å². The van der Waals surface area contributed by atoms with Crippen LogP contribution in [0.5, 0.6) is 0 Å². The topological polar surface area (TPSA) is 60.4 Å². The van der Waals surface area contributed by atoms with E-state index in [4.69, 9.17) is 4.99 Å². The van der Waals surface area contributed by atoms with Gasteiger partial charge in [-0.15, -0.1) is 11.3 Å². The van der Waals surface area contributed by atoms with E-state index < -0.39 is 0 Å². The van der Waals surface area contributed by atoms with Crippen molar-refractivity contribution in [2.45, 2.75) is 52.5 Å². The zero-order valence-corrected chi connectivity index (χ0v) is 18.1. The Hall–Kier alpha value is -2.73. The van der Waals surface area contributed by atoms with Crippen LogP contribution in [0, 0.1) is 10.1 Å². The van der Waals surface area contributed by atoms with E-state index in [9.17, 15) is 10.1 Å². The van der Waals surface area contributed by atoms with Crippen LogP contribution in [0.25, 0.3) is 11.3 Å². The molecule has 0 saturated carbocycles. The first-order valence-corrected chi connectivity index (χ1v) is 10.9. The van der Waals surface area contributed by atoms with Crippen molar-refractivity contribution in [2.24, 2.45) is 4.99 Å². The largest absolute Gasteiger partial charge is 0.313 e. The Labute approximate surface area is 175 Å². The molecule has 2 aromatic carbocycles. The number of hydrogen-bond acceptors (Lipinski definition) is 4. The van der Waals surface area contributed by atoms with Crippen molar-refractivity contribution in [1.29, 1.82) is 0 Å². The van der Waals surface area contributed by atoms with Gasteiger partial charge in [-0.2, -0.15) is 0 Å². The number of nitro groups is 1. The van der Waals surface area contributed by atoms with Gasteiger partial charge in [0, 0.05) is 29.1 Å². The summed E-state index contributed by atoms with van der Waals surface area (Å²) < 4.78 is 2.25. The molecule has 0 bridgehead atoms. The van der Waals surface area contributed by atoms with E-state index in [0.29, 0.717) is 5.92 Å². The van der Waals surface area contributed by atoms with Gasteiger partial charge in [-0.3, -0.25) is 10.1 Å². The molecule has 0 aliphatic rings. The van der Waals surface area contributed by atoms with Crippen molar-refractivity contribution in [3.8, 4) is 11.3 Å². The molecule has 152 valence electrons. The second kappa shape index (κ2) is 9.18. The Balaban J connectivity index is 2.23. The Morgan fingerprint density at radius 1 is 1.10 bits per heavy atom. The average molecular weight is 410 g/mol. The molecule has 0 radical (unpaired) electrons. The molecule has 0 aliphatic carbocycles. The van der Waals surface area contributed by atoms with E-state index in [1.165, 1.54) is 11.6 Å². The van der Waals surface area contributed by atoms with Gasteiger partial charge >= 0.3 is 0 Å². The van der Waals surface area contributed by atoms with Crippen molar-refractivity contribution >= 4 is 22.7 Å². The number of nitro benzene ring substituents is 1. The molecular formula is C23H27N3O2S. The summed E-state index contributed by atoms with van der Waals surface area (Å²) >= 11 is 1.59. The van der Waals surface area contributed by atoms with Crippen LogP contribution in [0.1, 0.15) is 58.1 Å². The molecule has 29 heavy (non-hydrogen) atoms. The Morgan fingerprint density at radius 3 is 2.48 bits per heavy atom. The molecule has 0 spiro atoms. The number of para-hydroxylation sites is 1. The number of nitrogens with zero attached hydrogens (tertiary/aromatic N) is 3. The second-order valence-corrected chi connectivity index (χ2v) is 8.21. The third kappa shape index (κ3) is 4.48. The fourth-order valence-electron chi connectivity index (χ4n) is 3.58. The quantitative estimate of drug-likeness (QED) is 0.317. The minimum Gasteiger partial charge on any atom is -0.313 e. The first kappa shape index (κ1) is 21.0. The van der Waals surface area contributed by atoms with Crippen molar-refractivity contribution in [1.82, 2.24) is 4.57 Å². The molecule has 0 saturated heterocycles. The summed E-state index contributed by atoms with van der Waals surface area (Å²) in [6.45, 7) is 8.68. The van der Waals surface area contributed by atoms with Crippen LogP contribution in [-0.4, -0.2) is 9.49 Å². The molecule has 5 nitrogen and oxygen atoms in total. The van der Waals surface area contributed by atoms with Crippen LogP contribution in [0.4, 0.5) is 11.4 Å². The number of benzene rings is 2. The lowest BCUT2D eigenvalue weighted by atomic mass is 10.0.